The summed E-state index contributed by atoms with van der Waals surface area (Å²) in [6.07, 6.45) is 2.93. The van der Waals surface area contributed by atoms with Gasteiger partial charge in [0.2, 0.25) is 11.8 Å². The minimum Gasteiger partial charge on any atom is -0.495 e. The molecule has 0 bridgehead atoms. The molecule has 154 valence electrons. The normalized spacial score (nSPS) is 18.7. The average Bonchev–Trinajstić information content (AvgIpc) is 2.75. The molecule has 2 amide bonds. The van der Waals surface area contributed by atoms with Gasteiger partial charge in [-0.15, -0.1) is 0 Å². The van der Waals surface area contributed by atoms with Crippen molar-refractivity contribution in [2.45, 2.75) is 39.5 Å². The number of aryl methyl sites for hydroxylation is 1. The molecule has 29 heavy (non-hydrogen) atoms. The number of benzene rings is 2. The molecule has 3 rings (SSSR count). The van der Waals surface area contributed by atoms with E-state index in [1.807, 2.05) is 67.3 Å². The van der Waals surface area contributed by atoms with Crippen LogP contribution in [0.4, 0.5) is 11.4 Å². The first-order chi connectivity index (χ1) is 14.0. The second-order valence-corrected chi connectivity index (χ2v) is 7.66. The lowest BCUT2D eigenvalue weighted by Crippen LogP contribution is -2.39. The standard InChI is InChI=1S/C24H30N2O3/c1-4-26(20-8-6-5-7-9-20)24(28)19-13-11-18(12-14-19)23(27)25-21-16-17(2)10-15-22(21)29-3/h5-10,15-16,18-19H,4,11-14H2,1-3H3,(H,25,27). The molecule has 2 aromatic carbocycles. The van der Waals surface area contributed by atoms with Crippen LogP contribution in [-0.4, -0.2) is 25.5 Å². The molecule has 1 aliphatic rings. The van der Waals surface area contributed by atoms with Crippen molar-refractivity contribution >= 4 is 23.2 Å². The monoisotopic (exact) mass is 394 g/mol. The fourth-order valence-electron chi connectivity index (χ4n) is 4.05. The number of rotatable bonds is 6. The highest BCUT2D eigenvalue weighted by molar-refractivity contribution is 5.96. The Morgan fingerprint density at radius 2 is 1.69 bits per heavy atom. The first-order valence-corrected chi connectivity index (χ1v) is 10.4. The number of ether oxygens (including phenoxy) is 1. The van der Waals surface area contributed by atoms with Gasteiger partial charge in [0.05, 0.1) is 12.8 Å². The Hall–Kier alpha value is -2.82. The molecule has 0 radical (unpaired) electrons. The Labute approximate surface area is 173 Å². The Morgan fingerprint density at radius 1 is 1.03 bits per heavy atom. The van der Waals surface area contributed by atoms with E-state index in [1.165, 1.54) is 0 Å². The summed E-state index contributed by atoms with van der Waals surface area (Å²) in [5, 5.41) is 3.02. The number of carbonyl (C=O) groups excluding carboxylic acids is 2. The molecule has 2 aromatic rings. The number of carbonyl (C=O) groups is 2. The van der Waals surface area contributed by atoms with E-state index in [0.717, 1.165) is 36.9 Å². The molecule has 0 atom stereocenters. The highest BCUT2D eigenvalue weighted by Crippen LogP contribution is 2.33. The van der Waals surface area contributed by atoms with Crippen LogP contribution in [0.25, 0.3) is 0 Å². The van der Waals surface area contributed by atoms with E-state index in [9.17, 15) is 9.59 Å². The van der Waals surface area contributed by atoms with Gasteiger partial charge in [-0.05, 0) is 69.4 Å². The van der Waals surface area contributed by atoms with Gasteiger partial charge in [-0.2, -0.15) is 0 Å². The zero-order valence-corrected chi connectivity index (χ0v) is 17.5. The maximum Gasteiger partial charge on any atom is 0.230 e. The number of para-hydroxylation sites is 1. The zero-order valence-electron chi connectivity index (χ0n) is 17.5. The SMILES string of the molecule is CCN(C(=O)C1CCC(C(=O)Nc2cc(C)ccc2OC)CC1)c1ccccc1. The number of hydrogen-bond donors (Lipinski definition) is 1. The van der Waals surface area contributed by atoms with Crippen LogP contribution in [0, 0.1) is 18.8 Å². The summed E-state index contributed by atoms with van der Waals surface area (Å²) in [6.45, 7) is 4.63. The van der Waals surface area contributed by atoms with Gasteiger partial charge in [-0.1, -0.05) is 24.3 Å². The van der Waals surface area contributed by atoms with E-state index < -0.39 is 0 Å². The van der Waals surface area contributed by atoms with Gasteiger partial charge in [0.25, 0.3) is 0 Å². The van der Waals surface area contributed by atoms with Gasteiger partial charge in [-0.3, -0.25) is 9.59 Å². The molecule has 5 heteroatoms. The van der Waals surface area contributed by atoms with Crippen LogP contribution >= 0.6 is 0 Å². The van der Waals surface area contributed by atoms with Crippen molar-refractivity contribution in [1.29, 1.82) is 0 Å². The van der Waals surface area contributed by atoms with E-state index in [4.69, 9.17) is 4.74 Å². The summed E-state index contributed by atoms with van der Waals surface area (Å²) in [7, 11) is 1.60. The summed E-state index contributed by atoms with van der Waals surface area (Å²) >= 11 is 0. The lowest BCUT2D eigenvalue weighted by atomic mass is 9.80. The highest BCUT2D eigenvalue weighted by atomic mass is 16.5. The van der Waals surface area contributed by atoms with Crippen LogP contribution in [0.15, 0.2) is 48.5 Å². The molecule has 1 saturated carbocycles. The summed E-state index contributed by atoms with van der Waals surface area (Å²) in [6, 6.07) is 15.5. The lowest BCUT2D eigenvalue weighted by Gasteiger charge is -2.31. The maximum atomic E-state index is 13.0. The second-order valence-electron chi connectivity index (χ2n) is 7.66. The van der Waals surface area contributed by atoms with Gasteiger partial charge in [0.1, 0.15) is 5.75 Å². The molecular formula is C24H30N2O3. The third-order valence-corrected chi connectivity index (χ3v) is 5.71. The van der Waals surface area contributed by atoms with Crippen LogP contribution in [0.3, 0.4) is 0 Å². The van der Waals surface area contributed by atoms with Crippen molar-refractivity contribution < 1.29 is 14.3 Å². The molecule has 0 spiro atoms. The Morgan fingerprint density at radius 3 is 2.31 bits per heavy atom. The van der Waals surface area contributed by atoms with Crippen LogP contribution in [0.5, 0.6) is 5.75 Å². The minimum absolute atomic E-state index is 0.00945. The first kappa shape index (κ1) is 20.9. The van der Waals surface area contributed by atoms with Gasteiger partial charge < -0.3 is 15.0 Å². The molecule has 0 saturated heterocycles. The predicted octanol–water partition coefficient (Wildman–Crippen LogP) is 4.80. The smallest absolute Gasteiger partial charge is 0.230 e. The fraction of sp³-hybridized carbons (Fsp3) is 0.417. The van der Waals surface area contributed by atoms with E-state index in [2.05, 4.69) is 5.32 Å². The van der Waals surface area contributed by atoms with Crippen molar-refractivity contribution in [3.63, 3.8) is 0 Å². The number of anilines is 2. The third-order valence-electron chi connectivity index (χ3n) is 5.71. The van der Waals surface area contributed by atoms with Gasteiger partial charge in [0, 0.05) is 24.1 Å². The summed E-state index contributed by atoms with van der Waals surface area (Å²) in [4.78, 5) is 27.7. The van der Waals surface area contributed by atoms with Crippen LogP contribution < -0.4 is 15.0 Å². The molecule has 0 unspecified atom stereocenters. The summed E-state index contributed by atoms with van der Waals surface area (Å²) in [5.41, 5.74) is 2.71. The molecule has 1 aliphatic carbocycles. The van der Waals surface area contributed by atoms with Crippen molar-refractivity contribution in [2.75, 3.05) is 23.9 Å². The van der Waals surface area contributed by atoms with Crippen LogP contribution in [0.1, 0.15) is 38.2 Å². The summed E-state index contributed by atoms with van der Waals surface area (Å²) in [5.74, 6) is 0.742. The number of hydrogen-bond acceptors (Lipinski definition) is 3. The molecule has 5 nitrogen and oxygen atoms in total. The first-order valence-electron chi connectivity index (χ1n) is 10.4. The molecular weight excluding hydrogens is 364 g/mol. The lowest BCUT2D eigenvalue weighted by molar-refractivity contribution is -0.126. The highest BCUT2D eigenvalue weighted by Gasteiger charge is 2.32. The molecule has 0 aromatic heterocycles. The van der Waals surface area contributed by atoms with Crippen molar-refractivity contribution in [2.24, 2.45) is 11.8 Å². The summed E-state index contributed by atoms with van der Waals surface area (Å²) < 4.78 is 5.35. The second kappa shape index (κ2) is 9.59. The molecule has 1 N–H and O–H groups in total. The number of nitrogens with zero attached hydrogens (tertiary/aromatic N) is 1. The zero-order chi connectivity index (χ0) is 20.8. The number of methoxy groups -OCH3 is 1. The Bertz CT molecular complexity index is 842. The van der Waals surface area contributed by atoms with Crippen LogP contribution in [0.2, 0.25) is 0 Å². The predicted molar refractivity (Wildman–Crippen MR) is 116 cm³/mol. The number of nitrogens with one attached hydrogen (secondary N) is 1. The molecule has 1 fully saturated rings. The van der Waals surface area contributed by atoms with Crippen molar-refractivity contribution in [1.82, 2.24) is 0 Å². The van der Waals surface area contributed by atoms with Crippen LogP contribution in [-0.2, 0) is 9.59 Å². The maximum absolute atomic E-state index is 13.0. The fourth-order valence-corrected chi connectivity index (χ4v) is 4.05. The number of amides is 2. The van der Waals surface area contributed by atoms with Gasteiger partial charge in [-0.25, -0.2) is 0 Å². The topological polar surface area (TPSA) is 58.6 Å². The molecule has 0 aliphatic heterocycles. The molecule has 0 heterocycles. The van der Waals surface area contributed by atoms with Gasteiger partial charge >= 0.3 is 0 Å². The largest absolute Gasteiger partial charge is 0.495 e. The minimum atomic E-state index is -0.0731. The van der Waals surface area contributed by atoms with E-state index >= 15 is 0 Å². The van der Waals surface area contributed by atoms with E-state index in [0.29, 0.717) is 18.0 Å². The van der Waals surface area contributed by atoms with E-state index in [-0.39, 0.29) is 23.7 Å². The Kier molecular flexibility index (Phi) is 6.91. The van der Waals surface area contributed by atoms with Gasteiger partial charge in [0.15, 0.2) is 0 Å². The average molecular weight is 395 g/mol. The van der Waals surface area contributed by atoms with E-state index in [1.54, 1.807) is 7.11 Å². The van der Waals surface area contributed by atoms with Crippen molar-refractivity contribution in [3.05, 3.63) is 54.1 Å². The van der Waals surface area contributed by atoms with Crippen molar-refractivity contribution in [3.8, 4) is 5.75 Å². The Balaban J connectivity index is 1.59. The third kappa shape index (κ3) is 4.97. The quantitative estimate of drug-likeness (QED) is 0.765.